The Morgan fingerprint density at radius 1 is 1.21 bits per heavy atom. The Balaban J connectivity index is 1.84. The lowest BCUT2D eigenvalue weighted by molar-refractivity contribution is 0.102. The van der Waals surface area contributed by atoms with Crippen LogP contribution in [0.15, 0.2) is 47.5 Å². The number of rotatable bonds is 4. The summed E-state index contributed by atoms with van der Waals surface area (Å²) in [6, 6.07) is 11.6. The molecule has 8 heteroatoms. The van der Waals surface area contributed by atoms with E-state index in [0.29, 0.717) is 11.4 Å². The number of anilines is 2. The first-order valence-corrected chi connectivity index (χ1v) is 8.95. The molecule has 0 radical (unpaired) electrons. The number of thiophene rings is 1. The number of benzene rings is 1. The van der Waals surface area contributed by atoms with Crippen LogP contribution in [0.5, 0.6) is 0 Å². The van der Waals surface area contributed by atoms with Gasteiger partial charge in [-0.1, -0.05) is 6.07 Å². The molecule has 0 saturated heterocycles. The van der Waals surface area contributed by atoms with Crippen LogP contribution < -0.4 is 11.1 Å². The highest BCUT2D eigenvalue weighted by atomic mass is 32.2. The average molecular weight is 360 g/mol. The summed E-state index contributed by atoms with van der Waals surface area (Å²) in [5.41, 5.74) is 7.75. The van der Waals surface area contributed by atoms with Crippen molar-refractivity contribution >= 4 is 40.4 Å². The molecule has 0 aliphatic heterocycles. The fourth-order valence-corrected chi connectivity index (χ4v) is 3.08. The largest absolute Gasteiger partial charge is 0.397 e. The number of hydrogen-bond acceptors (Lipinski definition) is 6. The number of aromatic nitrogens is 2. The number of thioether (sulfide) groups is 1. The van der Waals surface area contributed by atoms with E-state index >= 15 is 0 Å². The van der Waals surface area contributed by atoms with E-state index in [0.717, 1.165) is 26.8 Å². The first kappa shape index (κ1) is 16.4. The maximum Gasteiger partial charge on any atom is 0.276 e. The van der Waals surface area contributed by atoms with Crippen LogP contribution in [0, 0.1) is 5.13 Å². The lowest BCUT2D eigenvalue weighted by Gasteiger charge is -2.09. The lowest BCUT2D eigenvalue weighted by Crippen LogP contribution is -2.15. The second-order valence-corrected chi connectivity index (χ2v) is 6.68. The Labute approximate surface area is 146 Å². The van der Waals surface area contributed by atoms with Crippen molar-refractivity contribution < 1.29 is 9.18 Å². The molecule has 3 N–H and O–H groups in total. The predicted molar refractivity (Wildman–Crippen MR) is 95.9 cm³/mol. The molecule has 3 aromatic rings. The fourth-order valence-electron chi connectivity index (χ4n) is 2.02. The van der Waals surface area contributed by atoms with E-state index in [4.69, 9.17) is 5.73 Å². The number of carbonyl (C=O) groups is 1. The molecule has 3 rings (SSSR count). The first-order valence-electron chi connectivity index (χ1n) is 6.91. The SMILES string of the molecule is CSc1ccc(C(=O)Nc2cc(-c3ccc(F)s3)ccc2N)nn1. The Kier molecular flexibility index (Phi) is 4.77. The summed E-state index contributed by atoms with van der Waals surface area (Å²) in [7, 11) is 0. The van der Waals surface area contributed by atoms with Gasteiger partial charge in [0.1, 0.15) is 5.03 Å². The molecule has 0 fully saturated rings. The summed E-state index contributed by atoms with van der Waals surface area (Å²) in [6.07, 6.45) is 1.88. The quantitative estimate of drug-likeness (QED) is 0.545. The molecule has 0 spiro atoms. The van der Waals surface area contributed by atoms with Gasteiger partial charge in [-0.15, -0.1) is 33.3 Å². The number of hydrogen-bond donors (Lipinski definition) is 2. The minimum atomic E-state index is -0.406. The number of nitrogens with one attached hydrogen (secondary N) is 1. The molecule has 2 aromatic heterocycles. The first-order chi connectivity index (χ1) is 11.6. The van der Waals surface area contributed by atoms with Crippen LogP contribution in [0.2, 0.25) is 0 Å². The molecule has 1 amide bonds. The van der Waals surface area contributed by atoms with E-state index in [2.05, 4.69) is 15.5 Å². The van der Waals surface area contributed by atoms with Gasteiger partial charge in [0, 0.05) is 4.88 Å². The van der Waals surface area contributed by atoms with Gasteiger partial charge in [0.05, 0.1) is 11.4 Å². The van der Waals surface area contributed by atoms with Gasteiger partial charge in [-0.25, -0.2) is 0 Å². The van der Waals surface area contributed by atoms with Crippen molar-refractivity contribution in [2.45, 2.75) is 5.03 Å². The topological polar surface area (TPSA) is 80.9 Å². The molecule has 0 aliphatic rings. The van der Waals surface area contributed by atoms with Gasteiger partial charge in [0.15, 0.2) is 10.8 Å². The maximum atomic E-state index is 13.2. The third-order valence-electron chi connectivity index (χ3n) is 3.24. The van der Waals surface area contributed by atoms with E-state index in [-0.39, 0.29) is 10.8 Å². The monoisotopic (exact) mass is 360 g/mol. The Hall–Kier alpha value is -2.45. The summed E-state index contributed by atoms with van der Waals surface area (Å²) < 4.78 is 13.2. The molecule has 24 heavy (non-hydrogen) atoms. The van der Waals surface area contributed by atoms with Crippen molar-refractivity contribution in [3.05, 3.63) is 53.3 Å². The Morgan fingerprint density at radius 2 is 2.04 bits per heavy atom. The van der Waals surface area contributed by atoms with Gasteiger partial charge in [-0.2, -0.15) is 4.39 Å². The van der Waals surface area contributed by atoms with E-state index in [1.807, 2.05) is 6.26 Å². The van der Waals surface area contributed by atoms with Crippen LogP contribution in [-0.2, 0) is 0 Å². The minimum absolute atomic E-state index is 0.194. The van der Waals surface area contributed by atoms with Crippen LogP contribution in [0.3, 0.4) is 0 Å². The molecular formula is C16H13FN4OS2. The normalized spacial score (nSPS) is 10.6. The molecule has 122 valence electrons. The summed E-state index contributed by atoms with van der Waals surface area (Å²) in [6.45, 7) is 0. The average Bonchev–Trinajstić information content (AvgIpc) is 3.03. The summed E-state index contributed by atoms with van der Waals surface area (Å²) in [5, 5.41) is 11.0. The molecule has 5 nitrogen and oxygen atoms in total. The van der Waals surface area contributed by atoms with E-state index in [1.54, 1.807) is 36.4 Å². The van der Waals surface area contributed by atoms with Gasteiger partial charge < -0.3 is 11.1 Å². The standard InChI is InChI=1S/C16H13FN4OS2/c1-23-15-7-4-11(20-21-15)16(22)19-12-8-9(2-3-10(12)18)13-5-6-14(17)24-13/h2-8H,18H2,1H3,(H,19,22). The highest BCUT2D eigenvalue weighted by molar-refractivity contribution is 7.98. The van der Waals surface area contributed by atoms with Crippen molar-refractivity contribution in [2.75, 3.05) is 17.3 Å². The van der Waals surface area contributed by atoms with Crippen molar-refractivity contribution in [2.24, 2.45) is 0 Å². The highest BCUT2D eigenvalue weighted by Gasteiger charge is 2.12. The third-order valence-corrected chi connectivity index (χ3v) is 4.80. The number of halogens is 1. The number of nitrogens with two attached hydrogens (primary N) is 1. The minimum Gasteiger partial charge on any atom is -0.397 e. The molecule has 0 unspecified atom stereocenters. The van der Waals surface area contributed by atoms with Gasteiger partial charge in [0.25, 0.3) is 5.91 Å². The summed E-state index contributed by atoms with van der Waals surface area (Å²) in [4.78, 5) is 13.0. The zero-order valence-electron chi connectivity index (χ0n) is 12.6. The maximum absolute atomic E-state index is 13.2. The van der Waals surface area contributed by atoms with Gasteiger partial charge in [-0.05, 0) is 48.2 Å². The lowest BCUT2D eigenvalue weighted by atomic mass is 10.1. The van der Waals surface area contributed by atoms with Crippen LogP contribution in [0.25, 0.3) is 10.4 Å². The molecule has 0 saturated carbocycles. The van der Waals surface area contributed by atoms with Crippen molar-refractivity contribution in [1.29, 1.82) is 0 Å². The molecule has 0 aliphatic carbocycles. The van der Waals surface area contributed by atoms with E-state index in [9.17, 15) is 9.18 Å². The van der Waals surface area contributed by atoms with Crippen LogP contribution in [0.4, 0.5) is 15.8 Å². The Morgan fingerprint density at radius 3 is 2.67 bits per heavy atom. The number of carbonyl (C=O) groups excluding carboxylic acids is 1. The van der Waals surface area contributed by atoms with E-state index in [1.165, 1.54) is 17.8 Å². The molecule has 0 bridgehead atoms. The molecule has 1 aromatic carbocycles. The third kappa shape index (κ3) is 3.55. The zero-order valence-corrected chi connectivity index (χ0v) is 14.2. The van der Waals surface area contributed by atoms with Crippen molar-refractivity contribution in [3.63, 3.8) is 0 Å². The van der Waals surface area contributed by atoms with E-state index < -0.39 is 5.91 Å². The van der Waals surface area contributed by atoms with Crippen LogP contribution >= 0.6 is 23.1 Å². The molecule has 0 atom stereocenters. The van der Waals surface area contributed by atoms with Gasteiger partial charge >= 0.3 is 0 Å². The number of amides is 1. The smallest absolute Gasteiger partial charge is 0.276 e. The summed E-state index contributed by atoms with van der Waals surface area (Å²) in [5.74, 6) is -0.406. The van der Waals surface area contributed by atoms with Crippen LogP contribution in [-0.4, -0.2) is 22.4 Å². The fraction of sp³-hybridized carbons (Fsp3) is 0.0625. The molecular weight excluding hydrogens is 347 g/mol. The Bertz CT molecular complexity index is 880. The number of nitrogens with zero attached hydrogens (tertiary/aromatic N) is 2. The predicted octanol–water partition coefficient (Wildman–Crippen LogP) is 3.90. The second-order valence-electron chi connectivity index (χ2n) is 4.82. The van der Waals surface area contributed by atoms with Crippen LogP contribution in [0.1, 0.15) is 10.5 Å². The van der Waals surface area contributed by atoms with Crippen molar-refractivity contribution in [1.82, 2.24) is 10.2 Å². The highest BCUT2D eigenvalue weighted by Crippen LogP contribution is 2.31. The zero-order chi connectivity index (χ0) is 17.1. The number of nitrogen functional groups attached to an aromatic ring is 1. The second kappa shape index (κ2) is 6.98. The van der Waals surface area contributed by atoms with Gasteiger partial charge in [-0.3, -0.25) is 4.79 Å². The molecule has 2 heterocycles. The van der Waals surface area contributed by atoms with Crippen molar-refractivity contribution in [3.8, 4) is 10.4 Å². The summed E-state index contributed by atoms with van der Waals surface area (Å²) >= 11 is 2.47. The van der Waals surface area contributed by atoms with Gasteiger partial charge in [0.2, 0.25) is 0 Å².